The maximum Gasteiger partial charge on any atom is 0.248 e. The van der Waals surface area contributed by atoms with Crippen molar-refractivity contribution in [2.24, 2.45) is 0 Å². The fraction of sp³-hybridized carbons (Fsp3) is 0.875. The Labute approximate surface area is 72.1 Å². The highest BCUT2D eigenvalue weighted by atomic mass is 16.5. The molecule has 12 heavy (non-hydrogen) atoms. The SMILES string of the molecule is CC(C)OCC(=O)N1CC(O)C1. The van der Waals surface area contributed by atoms with Gasteiger partial charge >= 0.3 is 0 Å². The second-order valence-corrected chi connectivity index (χ2v) is 3.31. The number of β-amino-alcohol motifs (C(OH)–C–C–N with tert-alkyl or cyclic N) is 1. The molecule has 1 aliphatic rings. The maximum atomic E-state index is 11.2. The lowest BCUT2D eigenvalue weighted by molar-refractivity contribution is -0.147. The molecule has 1 aliphatic heterocycles. The van der Waals surface area contributed by atoms with Crippen LogP contribution in [0.5, 0.6) is 0 Å². The van der Waals surface area contributed by atoms with Crippen LogP contribution in [0.25, 0.3) is 0 Å². The van der Waals surface area contributed by atoms with Crippen LogP contribution in [0.3, 0.4) is 0 Å². The molecule has 0 spiro atoms. The third kappa shape index (κ3) is 2.46. The molecule has 0 aromatic heterocycles. The summed E-state index contributed by atoms with van der Waals surface area (Å²) in [6, 6.07) is 0. The third-order valence-corrected chi connectivity index (χ3v) is 1.76. The fourth-order valence-electron chi connectivity index (χ4n) is 0.988. The zero-order valence-electron chi connectivity index (χ0n) is 7.49. The third-order valence-electron chi connectivity index (χ3n) is 1.76. The number of aliphatic hydroxyl groups excluding tert-OH is 1. The highest BCUT2D eigenvalue weighted by Gasteiger charge is 2.28. The van der Waals surface area contributed by atoms with Crippen molar-refractivity contribution in [1.82, 2.24) is 4.90 Å². The lowest BCUT2D eigenvalue weighted by Crippen LogP contribution is -2.54. The first-order valence-electron chi connectivity index (χ1n) is 4.17. The highest BCUT2D eigenvalue weighted by molar-refractivity contribution is 5.78. The van der Waals surface area contributed by atoms with Crippen LogP contribution in [-0.2, 0) is 9.53 Å². The molecule has 0 bridgehead atoms. The summed E-state index contributed by atoms with van der Waals surface area (Å²) in [4.78, 5) is 12.8. The number of carbonyl (C=O) groups is 1. The van der Waals surface area contributed by atoms with Crippen molar-refractivity contribution in [1.29, 1.82) is 0 Å². The molecule has 0 radical (unpaired) electrons. The number of likely N-dealkylation sites (tertiary alicyclic amines) is 1. The summed E-state index contributed by atoms with van der Waals surface area (Å²) in [5.41, 5.74) is 0. The van der Waals surface area contributed by atoms with Gasteiger partial charge in [-0.25, -0.2) is 0 Å². The van der Waals surface area contributed by atoms with E-state index in [4.69, 9.17) is 9.84 Å². The molecular weight excluding hydrogens is 158 g/mol. The number of rotatable bonds is 3. The van der Waals surface area contributed by atoms with Gasteiger partial charge < -0.3 is 14.7 Å². The van der Waals surface area contributed by atoms with E-state index in [0.717, 1.165) is 0 Å². The minimum absolute atomic E-state index is 0.0333. The molecule has 4 nitrogen and oxygen atoms in total. The monoisotopic (exact) mass is 173 g/mol. The van der Waals surface area contributed by atoms with E-state index in [1.807, 2.05) is 13.8 Å². The van der Waals surface area contributed by atoms with E-state index in [2.05, 4.69) is 0 Å². The molecule has 1 saturated heterocycles. The average Bonchev–Trinajstić information content (AvgIpc) is 1.94. The molecule has 0 saturated carbocycles. The van der Waals surface area contributed by atoms with Crippen molar-refractivity contribution in [3.8, 4) is 0 Å². The van der Waals surface area contributed by atoms with Crippen molar-refractivity contribution < 1.29 is 14.6 Å². The van der Waals surface area contributed by atoms with Gasteiger partial charge in [0.1, 0.15) is 6.61 Å². The van der Waals surface area contributed by atoms with Gasteiger partial charge in [0, 0.05) is 13.1 Å². The average molecular weight is 173 g/mol. The second kappa shape index (κ2) is 3.87. The predicted molar refractivity (Wildman–Crippen MR) is 43.7 cm³/mol. The number of aliphatic hydroxyl groups is 1. The Bertz CT molecular complexity index is 164. The van der Waals surface area contributed by atoms with Crippen molar-refractivity contribution >= 4 is 5.91 Å². The molecule has 0 aliphatic carbocycles. The van der Waals surface area contributed by atoms with Crippen LogP contribution in [0.1, 0.15) is 13.8 Å². The van der Waals surface area contributed by atoms with Crippen LogP contribution in [0.4, 0.5) is 0 Å². The number of carbonyl (C=O) groups excluding carboxylic acids is 1. The van der Waals surface area contributed by atoms with E-state index in [-0.39, 0.29) is 24.7 Å². The largest absolute Gasteiger partial charge is 0.389 e. The fourth-order valence-corrected chi connectivity index (χ4v) is 0.988. The first kappa shape index (κ1) is 9.48. The van der Waals surface area contributed by atoms with Gasteiger partial charge in [-0.3, -0.25) is 4.79 Å². The Morgan fingerprint density at radius 3 is 2.67 bits per heavy atom. The molecule has 0 aromatic carbocycles. The van der Waals surface area contributed by atoms with Gasteiger partial charge in [-0.05, 0) is 13.8 Å². The van der Waals surface area contributed by atoms with Crippen molar-refractivity contribution in [2.75, 3.05) is 19.7 Å². The van der Waals surface area contributed by atoms with Gasteiger partial charge in [0.2, 0.25) is 5.91 Å². The zero-order chi connectivity index (χ0) is 9.14. The summed E-state index contributed by atoms with van der Waals surface area (Å²) in [5, 5.41) is 8.91. The van der Waals surface area contributed by atoms with Crippen LogP contribution >= 0.6 is 0 Å². The Hall–Kier alpha value is -0.610. The van der Waals surface area contributed by atoms with Gasteiger partial charge in [0.25, 0.3) is 0 Å². The quantitative estimate of drug-likeness (QED) is 0.632. The Balaban J connectivity index is 2.13. The topological polar surface area (TPSA) is 49.8 Å². The van der Waals surface area contributed by atoms with Crippen molar-refractivity contribution in [2.45, 2.75) is 26.1 Å². The molecule has 0 atom stereocenters. The van der Waals surface area contributed by atoms with Gasteiger partial charge in [0.15, 0.2) is 0 Å². The normalized spacial score (nSPS) is 18.2. The summed E-state index contributed by atoms with van der Waals surface area (Å²) in [5.74, 6) is -0.0333. The van der Waals surface area contributed by atoms with Gasteiger partial charge in [-0.2, -0.15) is 0 Å². The summed E-state index contributed by atoms with van der Waals surface area (Å²) in [7, 11) is 0. The van der Waals surface area contributed by atoms with Gasteiger partial charge in [-0.1, -0.05) is 0 Å². The minimum atomic E-state index is -0.326. The minimum Gasteiger partial charge on any atom is -0.389 e. The second-order valence-electron chi connectivity index (χ2n) is 3.31. The molecule has 1 heterocycles. The predicted octanol–water partition coefficient (Wildman–Crippen LogP) is -0.385. The van der Waals surface area contributed by atoms with Crippen LogP contribution in [0, 0.1) is 0 Å². The number of amides is 1. The molecule has 0 unspecified atom stereocenters. The zero-order valence-corrected chi connectivity index (χ0v) is 7.49. The Morgan fingerprint density at radius 2 is 2.25 bits per heavy atom. The van der Waals surface area contributed by atoms with Crippen LogP contribution in [0.15, 0.2) is 0 Å². The van der Waals surface area contributed by atoms with E-state index in [1.165, 1.54) is 0 Å². The first-order chi connectivity index (χ1) is 5.59. The number of ether oxygens (including phenoxy) is 1. The molecule has 0 aromatic rings. The smallest absolute Gasteiger partial charge is 0.248 e. The van der Waals surface area contributed by atoms with E-state index in [1.54, 1.807) is 4.90 Å². The molecule has 1 amide bonds. The summed E-state index contributed by atoms with van der Waals surface area (Å²) >= 11 is 0. The van der Waals surface area contributed by atoms with Crippen molar-refractivity contribution in [3.63, 3.8) is 0 Å². The van der Waals surface area contributed by atoms with E-state index in [9.17, 15) is 4.79 Å². The van der Waals surface area contributed by atoms with Gasteiger partial charge in [-0.15, -0.1) is 0 Å². The molecule has 70 valence electrons. The number of hydrogen-bond acceptors (Lipinski definition) is 3. The molecular formula is C8H15NO3. The van der Waals surface area contributed by atoms with Crippen LogP contribution in [-0.4, -0.2) is 47.8 Å². The first-order valence-corrected chi connectivity index (χ1v) is 4.17. The van der Waals surface area contributed by atoms with E-state index >= 15 is 0 Å². The Kier molecular flexibility index (Phi) is 3.05. The number of hydrogen-bond donors (Lipinski definition) is 1. The Morgan fingerprint density at radius 1 is 1.67 bits per heavy atom. The van der Waals surface area contributed by atoms with Crippen molar-refractivity contribution in [3.05, 3.63) is 0 Å². The molecule has 1 rings (SSSR count). The lowest BCUT2D eigenvalue weighted by atomic mass is 10.2. The van der Waals surface area contributed by atoms with Gasteiger partial charge in [0.05, 0.1) is 12.2 Å². The summed E-state index contributed by atoms with van der Waals surface area (Å²) in [6.07, 6.45) is -0.242. The summed E-state index contributed by atoms with van der Waals surface area (Å²) in [6.45, 7) is 4.82. The van der Waals surface area contributed by atoms with Crippen LogP contribution < -0.4 is 0 Å². The highest BCUT2D eigenvalue weighted by Crippen LogP contribution is 2.07. The standard InChI is InChI=1S/C8H15NO3/c1-6(2)12-5-8(11)9-3-7(10)4-9/h6-7,10H,3-5H2,1-2H3. The number of nitrogens with zero attached hydrogens (tertiary/aromatic N) is 1. The van der Waals surface area contributed by atoms with E-state index < -0.39 is 0 Å². The lowest BCUT2D eigenvalue weighted by Gasteiger charge is -2.35. The molecule has 4 heteroatoms. The summed E-state index contributed by atoms with van der Waals surface area (Å²) < 4.78 is 5.12. The van der Waals surface area contributed by atoms with Crippen LogP contribution in [0.2, 0.25) is 0 Å². The molecule has 1 N–H and O–H groups in total. The van der Waals surface area contributed by atoms with E-state index in [0.29, 0.717) is 13.1 Å². The molecule has 1 fully saturated rings. The maximum absolute atomic E-state index is 11.2.